The van der Waals surface area contributed by atoms with Crippen LogP contribution in [0.1, 0.15) is 25.8 Å². The molecule has 2 N–H and O–H groups in total. The van der Waals surface area contributed by atoms with Crippen LogP contribution >= 0.6 is 0 Å². The van der Waals surface area contributed by atoms with Crippen molar-refractivity contribution in [3.05, 3.63) is 30.1 Å². The molecular formula is C15H26N4O. The molecule has 0 aliphatic carbocycles. The van der Waals surface area contributed by atoms with Crippen LogP contribution in [0.4, 0.5) is 0 Å². The minimum absolute atomic E-state index is 0.405. The fraction of sp³-hybridized carbons (Fsp3) is 0.600. The van der Waals surface area contributed by atoms with Crippen molar-refractivity contribution in [2.24, 2.45) is 4.99 Å². The Balaban J connectivity index is 2.41. The molecule has 0 bridgehead atoms. The maximum Gasteiger partial charge on any atom is 0.191 e. The van der Waals surface area contributed by atoms with Gasteiger partial charge in [0.15, 0.2) is 5.96 Å². The maximum atomic E-state index is 5.03. The number of methoxy groups -OCH3 is 1. The van der Waals surface area contributed by atoms with Gasteiger partial charge in [0.2, 0.25) is 0 Å². The molecule has 20 heavy (non-hydrogen) atoms. The van der Waals surface area contributed by atoms with Crippen LogP contribution in [0.25, 0.3) is 0 Å². The van der Waals surface area contributed by atoms with Crippen molar-refractivity contribution in [2.75, 3.05) is 26.8 Å². The Morgan fingerprint density at radius 3 is 3.00 bits per heavy atom. The predicted octanol–water partition coefficient (Wildman–Crippen LogP) is 1.60. The maximum absolute atomic E-state index is 5.03. The molecular weight excluding hydrogens is 252 g/mol. The predicted molar refractivity (Wildman–Crippen MR) is 83.0 cm³/mol. The molecule has 0 aliphatic rings. The van der Waals surface area contributed by atoms with Gasteiger partial charge in [0.1, 0.15) is 0 Å². The Bertz CT molecular complexity index is 381. The third-order valence-corrected chi connectivity index (χ3v) is 2.99. The standard InChI is InChI=1S/C15H26N4O/c1-4-13(2)19-15(18-10-11-20-3)17-9-7-14-6-5-8-16-12-14/h5-6,8,12-13H,4,7,9-11H2,1-3H3,(H2,17,18,19)/t13-/m1/s1. The second-order valence-corrected chi connectivity index (χ2v) is 4.71. The summed E-state index contributed by atoms with van der Waals surface area (Å²) < 4.78 is 5.03. The summed E-state index contributed by atoms with van der Waals surface area (Å²) in [6.07, 6.45) is 5.68. The van der Waals surface area contributed by atoms with E-state index in [-0.39, 0.29) is 0 Å². The lowest BCUT2D eigenvalue weighted by Gasteiger charge is -2.17. The van der Waals surface area contributed by atoms with Crippen molar-refractivity contribution >= 4 is 5.96 Å². The largest absolute Gasteiger partial charge is 0.383 e. The van der Waals surface area contributed by atoms with Crippen LogP contribution in [0.15, 0.2) is 29.5 Å². The van der Waals surface area contributed by atoms with E-state index in [4.69, 9.17) is 4.74 Å². The second kappa shape index (κ2) is 10.2. The summed E-state index contributed by atoms with van der Waals surface area (Å²) in [6.45, 7) is 6.43. The summed E-state index contributed by atoms with van der Waals surface area (Å²) in [5.74, 6) is 0.847. The molecule has 112 valence electrons. The van der Waals surface area contributed by atoms with Gasteiger partial charge in [-0.3, -0.25) is 9.98 Å². The highest BCUT2D eigenvalue weighted by Gasteiger charge is 2.03. The van der Waals surface area contributed by atoms with Crippen molar-refractivity contribution in [3.8, 4) is 0 Å². The lowest BCUT2D eigenvalue weighted by molar-refractivity contribution is 0.208. The van der Waals surface area contributed by atoms with Gasteiger partial charge in [0, 0.05) is 32.1 Å². The molecule has 0 saturated heterocycles. The first-order valence-electron chi connectivity index (χ1n) is 7.19. The Hall–Kier alpha value is -1.62. The Morgan fingerprint density at radius 1 is 1.50 bits per heavy atom. The summed E-state index contributed by atoms with van der Waals surface area (Å²) in [4.78, 5) is 8.60. The van der Waals surface area contributed by atoms with Gasteiger partial charge >= 0.3 is 0 Å². The van der Waals surface area contributed by atoms with E-state index >= 15 is 0 Å². The normalized spacial score (nSPS) is 13.1. The number of aliphatic imine (C=N–C) groups is 1. The van der Waals surface area contributed by atoms with Gasteiger partial charge in [-0.2, -0.15) is 0 Å². The van der Waals surface area contributed by atoms with Gasteiger partial charge in [-0.15, -0.1) is 0 Å². The fourth-order valence-corrected chi connectivity index (χ4v) is 1.61. The topological polar surface area (TPSA) is 58.5 Å². The number of hydrogen-bond donors (Lipinski definition) is 2. The Morgan fingerprint density at radius 2 is 2.35 bits per heavy atom. The molecule has 0 unspecified atom stereocenters. The summed E-state index contributed by atoms with van der Waals surface area (Å²) in [6, 6.07) is 4.45. The van der Waals surface area contributed by atoms with Crippen LogP contribution < -0.4 is 10.6 Å². The number of hydrogen-bond acceptors (Lipinski definition) is 3. The minimum Gasteiger partial charge on any atom is -0.383 e. The molecule has 0 fully saturated rings. The van der Waals surface area contributed by atoms with Crippen molar-refractivity contribution in [3.63, 3.8) is 0 Å². The number of nitrogens with one attached hydrogen (secondary N) is 2. The van der Waals surface area contributed by atoms with Crippen LogP contribution in [0.3, 0.4) is 0 Å². The quantitative estimate of drug-likeness (QED) is 0.431. The number of ether oxygens (including phenoxy) is 1. The molecule has 1 heterocycles. The SMILES string of the molecule is CC[C@@H](C)NC(=NCCOC)NCCc1cccnc1. The van der Waals surface area contributed by atoms with Crippen LogP contribution in [0.2, 0.25) is 0 Å². The van der Waals surface area contributed by atoms with Crippen LogP contribution in [0, 0.1) is 0 Å². The van der Waals surface area contributed by atoms with Gasteiger partial charge in [0.05, 0.1) is 13.2 Å². The summed E-state index contributed by atoms with van der Waals surface area (Å²) in [5, 5.41) is 6.73. The van der Waals surface area contributed by atoms with E-state index < -0.39 is 0 Å². The van der Waals surface area contributed by atoms with E-state index in [0.29, 0.717) is 19.2 Å². The molecule has 1 atom stereocenters. The number of aromatic nitrogens is 1. The average Bonchev–Trinajstić information content (AvgIpc) is 2.48. The molecule has 1 aromatic rings. The molecule has 0 amide bonds. The minimum atomic E-state index is 0.405. The molecule has 1 rings (SSSR count). The van der Waals surface area contributed by atoms with Gasteiger partial charge in [-0.25, -0.2) is 0 Å². The molecule has 0 spiro atoms. The second-order valence-electron chi connectivity index (χ2n) is 4.71. The van der Waals surface area contributed by atoms with Gasteiger partial charge < -0.3 is 15.4 Å². The van der Waals surface area contributed by atoms with Crippen molar-refractivity contribution in [1.82, 2.24) is 15.6 Å². The summed E-state index contributed by atoms with van der Waals surface area (Å²) in [7, 11) is 1.69. The zero-order chi connectivity index (χ0) is 14.6. The fourth-order valence-electron chi connectivity index (χ4n) is 1.61. The summed E-state index contributed by atoms with van der Waals surface area (Å²) >= 11 is 0. The Kier molecular flexibility index (Phi) is 8.38. The lowest BCUT2D eigenvalue weighted by atomic mass is 10.2. The van der Waals surface area contributed by atoms with E-state index in [9.17, 15) is 0 Å². The number of rotatable bonds is 8. The monoisotopic (exact) mass is 278 g/mol. The van der Waals surface area contributed by atoms with Crippen LogP contribution in [-0.2, 0) is 11.2 Å². The zero-order valence-corrected chi connectivity index (χ0v) is 12.7. The first kappa shape index (κ1) is 16.4. The third-order valence-electron chi connectivity index (χ3n) is 2.99. The molecule has 0 aromatic carbocycles. The van der Waals surface area contributed by atoms with E-state index in [1.807, 2.05) is 12.3 Å². The highest BCUT2D eigenvalue weighted by atomic mass is 16.5. The van der Waals surface area contributed by atoms with Gasteiger partial charge in [-0.05, 0) is 31.4 Å². The van der Waals surface area contributed by atoms with Crippen molar-refractivity contribution < 1.29 is 4.74 Å². The molecule has 1 aromatic heterocycles. The van der Waals surface area contributed by atoms with Gasteiger partial charge in [0.25, 0.3) is 0 Å². The van der Waals surface area contributed by atoms with Crippen LogP contribution in [-0.4, -0.2) is 43.8 Å². The van der Waals surface area contributed by atoms with E-state index in [1.165, 1.54) is 5.56 Å². The third kappa shape index (κ3) is 7.09. The van der Waals surface area contributed by atoms with Crippen molar-refractivity contribution in [1.29, 1.82) is 0 Å². The smallest absolute Gasteiger partial charge is 0.191 e. The highest BCUT2D eigenvalue weighted by Crippen LogP contribution is 1.95. The number of guanidine groups is 1. The highest BCUT2D eigenvalue weighted by molar-refractivity contribution is 5.80. The summed E-state index contributed by atoms with van der Waals surface area (Å²) in [5.41, 5.74) is 1.22. The Labute approximate surface area is 121 Å². The first-order chi connectivity index (χ1) is 9.76. The van der Waals surface area contributed by atoms with E-state index in [0.717, 1.165) is 25.3 Å². The van der Waals surface area contributed by atoms with E-state index in [1.54, 1.807) is 13.3 Å². The van der Waals surface area contributed by atoms with E-state index in [2.05, 4.69) is 40.5 Å². The molecule has 0 radical (unpaired) electrons. The molecule has 0 aliphatic heterocycles. The van der Waals surface area contributed by atoms with Gasteiger partial charge in [-0.1, -0.05) is 13.0 Å². The van der Waals surface area contributed by atoms with Crippen LogP contribution in [0.5, 0.6) is 0 Å². The molecule has 5 heteroatoms. The zero-order valence-electron chi connectivity index (χ0n) is 12.7. The number of nitrogens with zero attached hydrogens (tertiary/aromatic N) is 2. The first-order valence-corrected chi connectivity index (χ1v) is 7.19. The lowest BCUT2D eigenvalue weighted by Crippen LogP contribution is -2.43. The van der Waals surface area contributed by atoms with Crippen molar-refractivity contribution in [2.45, 2.75) is 32.7 Å². The molecule has 0 saturated carbocycles. The molecule has 5 nitrogen and oxygen atoms in total. The average molecular weight is 278 g/mol. The number of pyridine rings is 1.